The highest BCUT2D eigenvalue weighted by Crippen LogP contribution is 2.22. The quantitative estimate of drug-likeness (QED) is 0.720. The summed E-state index contributed by atoms with van der Waals surface area (Å²) in [5.41, 5.74) is 1.49. The van der Waals surface area contributed by atoms with E-state index in [1.165, 1.54) is 0 Å². The minimum atomic E-state index is -0.300. The maximum atomic E-state index is 11.9. The zero-order chi connectivity index (χ0) is 16.9. The predicted molar refractivity (Wildman–Crippen MR) is 86.7 cm³/mol. The predicted octanol–water partition coefficient (Wildman–Crippen LogP) is 2.63. The average molecular weight is 330 g/mol. The first-order valence-corrected chi connectivity index (χ1v) is 7.49. The van der Waals surface area contributed by atoms with Gasteiger partial charge in [0, 0.05) is 31.1 Å². The van der Waals surface area contributed by atoms with Gasteiger partial charge < -0.3 is 24.3 Å². The third-order valence-electron chi connectivity index (χ3n) is 3.31. The Morgan fingerprint density at radius 1 is 1.33 bits per heavy atom. The second-order valence-electron chi connectivity index (χ2n) is 5.28. The van der Waals surface area contributed by atoms with Crippen molar-refractivity contribution in [1.29, 1.82) is 0 Å². The molecule has 3 aromatic rings. The molecule has 8 heteroatoms. The van der Waals surface area contributed by atoms with Crippen LogP contribution < -0.4 is 10.6 Å². The molecule has 2 N–H and O–H groups in total. The van der Waals surface area contributed by atoms with Crippen LogP contribution in [0.4, 0.5) is 10.5 Å². The Hall–Kier alpha value is -2.87. The molecule has 0 bridgehead atoms. The Bertz CT molecular complexity index is 840. The van der Waals surface area contributed by atoms with E-state index >= 15 is 0 Å². The van der Waals surface area contributed by atoms with Crippen LogP contribution in [0, 0.1) is 6.92 Å². The maximum Gasteiger partial charge on any atom is 0.319 e. The summed E-state index contributed by atoms with van der Waals surface area (Å²) in [7, 11) is 1.56. The number of urea groups is 1. The molecule has 2 heterocycles. The van der Waals surface area contributed by atoms with Gasteiger partial charge in [-0.2, -0.15) is 4.98 Å². The Morgan fingerprint density at radius 2 is 2.21 bits per heavy atom. The summed E-state index contributed by atoms with van der Waals surface area (Å²) >= 11 is 0. The first-order chi connectivity index (χ1) is 11.6. The Labute approximate surface area is 138 Å². The number of carbonyl (C=O) groups is 1. The van der Waals surface area contributed by atoms with Gasteiger partial charge in [-0.3, -0.25) is 0 Å². The molecule has 8 nitrogen and oxygen atoms in total. The van der Waals surface area contributed by atoms with Gasteiger partial charge in [0.05, 0.1) is 0 Å². The lowest BCUT2D eigenvalue weighted by Crippen LogP contribution is -2.30. The third kappa shape index (κ3) is 3.90. The fourth-order valence-electron chi connectivity index (χ4n) is 2.29. The SMILES string of the molecule is COCc1noc(CCNC(=O)Nc2ccc3oc(C)cc3c2)n1. The number of ether oxygens (including phenoxy) is 1. The number of furan rings is 1. The van der Waals surface area contributed by atoms with E-state index < -0.39 is 0 Å². The van der Waals surface area contributed by atoms with Crippen LogP contribution in [-0.4, -0.2) is 29.8 Å². The van der Waals surface area contributed by atoms with Crippen molar-refractivity contribution < 1.29 is 18.5 Å². The fourth-order valence-corrected chi connectivity index (χ4v) is 2.29. The van der Waals surface area contributed by atoms with Crippen molar-refractivity contribution in [2.75, 3.05) is 19.0 Å². The highest BCUT2D eigenvalue weighted by molar-refractivity contribution is 5.92. The van der Waals surface area contributed by atoms with Gasteiger partial charge >= 0.3 is 6.03 Å². The molecule has 0 unspecified atom stereocenters. The first kappa shape index (κ1) is 16.0. The molecule has 0 aliphatic heterocycles. The van der Waals surface area contributed by atoms with Gasteiger partial charge in [-0.1, -0.05) is 5.16 Å². The molecule has 126 valence electrons. The summed E-state index contributed by atoms with van der Waals surface area (Å²) in [5, 5.41) is 10.2. The first-order valence-electron chi connectivity index (χ1n) is 7.49. The fraction of sp³-hybridized carbons (Fsp3) is 0.312. The topological polar surface area (TPSA) is 102 Å². The van der Waals surface area contributed by atoms with Crippen molar-refractivity contribution >= 4 is 22.7 Å². The lowest BCUT2D eigenvalue weighted by atomic mass is 10.2. The van der Waals surface area contributed by atoms with Crippen LogP contribution >= 0.6 is 0 Å². The van der Waals surface area contributed by atoms with Gasteiger partial charge in [0.1, 0.15) is 18.0 Å². The van der Waals surface area contributed by atoms with E-state index in [1.807, 2.05) is 25.1 Å². The van der Waals surface area contributed by atoms with Gasteiger partial charge in [0.25, 0.3) is 0 Å². The van der Waals surface area contributed by atoms with E-state index in [-0.39, 0.29) is 6.03 Å². The van der Waals surface area contributed by atoms with Crippen molar-refractivity contribution in [3.05, 3.63) is 41.7 Å². The number of nitrogens with one attached hydrogen (secondary N) is 2. The highest BCUT2D eigenvalue weighted by Gasteiger charge is 2.08. The molecule has 0 aliphatic carbocycles. The zero-order valence-electron chi connectivity index (χ0n) is 13.5. The number of rotatable bonds is 6. The molecular weight excluding hydrogens is 312 g/mol. The minimum Gasteiger partial charge on any atom is -0.461 e. The molecule has 0 radical (unpaired) electrons. The standard InChI is InChI=1S/C16H18N4O4/c1-10-7-11-8-12(3-4-13(11)23-10)18-16(21)17-6-5-15-19-14(9-22-2)20-24-15/h3-4,7-8H,5-6,9H2,1-2H3,(H2,17,18,21). The molecule has 0 saturated carbocycles. The number of benzene rings is 1. The number of nitrogens with zero attached hydrogens (tertiary/aromatic N) is 2. The average Bonchev–Trinajstić information content (AvgIpc) is 3.13. The highest BCUT2D eigenvalue weighted by atomic mass is 16.5. The van der Waals surface area contributed by atoms with Crippen molar-refractivity contribution in [2.24, 2.45) is 0 Å². The number of aryl methyl sites for hydroxylation is 1. The lowest BCUT2D eigenvalue weighted by molar-refractivity contribution is 0.174. The summed E-state index contributed by atoms with van der Waals surface area (Å²) in [4.78, 5) is 16.1. The summed E-state index contributed by atoms with van der Waals surface area (Å²) in [6.45, 7) is 2.57. The number of hydrogen-bond acceptors (Lipinski definition) is 6. The maximum absolute atomic E-state index is 11.9. The van der Waals surface area contributed by atoms with Crippen molar-refractivity contribution in [3.8, 4) is 0 Å². The molecule has 0 saturated heterocycles. The van der Waals surface area contributed by atoms with Crippen LogP contribution in [-0.2, 0) is 17.8 Å². The molecule has 0 fully saturated rings. The van der Waals surface area contributed by atoms with Crippen LogP contribution in [0.25, 0.3) is 11.0 Å². The Morgan fingerprint density at radius 3 is 3.04 bits per heavy atom. The molecule has 2 amide bonds. The molecule has 0 spiro atoms. The number of carbonyl (C=O) groups excluding carboxylic acids is 1. The summed E-state index contributed by atoms with van der Waals surface area (Å²) in [5.74, 6) is 1.78. The molecule has 24 heavy (non-hydrogen) atoms. The summed E-state index contributed by atoms with van der Waals surface area (Å²) in [6.07, 6.45) is 0.449. The second-order valence-corrected chi connectivity index (χ2v) is 5.28. The van der Waals surface area contributed by atoms with Crippen LogP contribution in [0.2, 0.25) is 0 Å². The van der Waals surface area contributed by atoms with E-state index in [0.717, 1.165) is 16.7 Å². The second kappa shape index (κ2) is 7.14. The third-order valence-corrected chi connectivity index (χ3v) is 3.31. The molecule has 0 atom stereocenters. The summed E-state index contributed by atoms with van der Waals surface area (Å²) < 4.78 is 15.5. The number of aromatic nitrogens is 2. The van der Waals surface area contributed by atoms with Gasteiger partial charge in [-0.05, 0) is 31.2 Å². The summed E-state index contributed by atoms with van der Waals surface area (Å²) in [6, 6.07) is 7.10. The number of fused-ring (bicyclic) bond motifs is 1. The van der Waals surface area contributed by atoms with Crippen LogP contribution in [0.1, 0.15) is 17.5 Å². The monoisotopic (exact) mass is 330 g/mol. The molecular formula is C16H18N4O4. The molecule has 1 aromatic carbocycles. The van der Waals surface area contributed by atoms with E-state index in [2.05, 4.69) is 20.8 Å². The minimum absolute atomic E-state index is 0.299. The molecule has 0 aliphatic rings. The molecule has 3 rings (SSSR count). The number of anilines is 1. The Balaban J connectivity index is 1.49. The van der Waals surface area contributed by atoms with Crippen molar-refractivity contribution in [3.63, 3.8) is 0 Å². The van der Waals surface area contributed by atoms with E-state index in [4.69, 9.17) is 13.7 Å². The van der Waals surface area contributed by atoms with Crippen LogP contribution in [0.3, 0.4) is 0 Å². The van der Waals surface area contributed by atoms with Gasteiger partial charge in [0.15, 0.2) is 5.82 Å². The normalized spacial score (nSPS) is 10.9. The largest absolute Gasteiger partial charge is 0.461 e. The lowest BCUT2D eigenvalue weighted by Gasteiger charge is -2.06. The van der Waals surface area contributed by atoms with E-state index in [0.29, 0.717) is 37.0 Å². The van der Waals surface area contributed by atoms with E-state index in [9.17, 15) is 4.79 Å². The van der Waals surface area contributed by atoms with E-state index in [1.54, 1.807) is 13.2 Å². The zero-order valence-corrected chi connectivity index (χ0v) is 13.5. The van der Waals surface area contributed by atoms with Crippen molar-refractivity contribution in [1.82, 2.24) is 15.5 Å². The van der Waals surface area contributed by atoms with Gasteiger partial charge in [-0.15, -0.1) is 0 Å². The number of hydrogen-bond donors (Lipinski definition) is 2. The smallest absolute Gasteiger partial charge is 0.319 e. The molecule has 2 aromatic heterocycles. The van der Waals surface area contributed by atoms with Crippen molar-refractivity contribution in [2.45, 2.75) is 20.0 Å². The number of methoxy groups -OCH3 is 1. The van der Waals surface area contributed by atoms with Gasteiger partial charge in [-0.25, -0.2) is 4.79 Å². The van der Waals surface area contributed by atoms with Crippen LogP contribution in [0.5, 0.6) is 0 Å². The van der Waals surface area contributed by atoms with Gasteiger partial charge in [0.2, 0.25) is 5.89 Å². The Kier molecular flexibility index (Phi) is 4.76. The van der Waals surface area contributed by atoms with Crippen LogP contribution in [0.15, 0.2) is 33.2 Å². The number of amides is 2.